The average Bonchev–Trinajstić information content (AvgIpc) is 2.81. The van der Waals surface area contributed by atoms with Gasteiger partial charge in [-0.3, -0.25) is 4.90 Å². The summed E-state index contributed by atoms with van der Waals surface area (Å²) in [6, 6.07) is 5.96. The van der Waals surface area contributed by atoms with Crippen LogP contribution in [0.2, 0.25) is 0 Å². The largest absolute Gasteiger partial charge is 0.488 e. The summed E-state index contributed by atoms with van der Waals surface area (Å²) in [7, 11) is 0. The first-order chi connectivity index (χ1) is 15.8. The molecule has 0 saturated carbocycles. The van der Waals surface area contributed by atoms with E-state index >= 15 is 0 Å². The summed E-state index contributed by atoms with van der Waals surface area (Å²) in [6.45, 7) is 22.0. The highest BCUT2D eigenvalue weighted by molar-refractivity contribution is 14.2. The molecule has 0 aliphatic carbocycles. The number of rotatable bonds is 18. The van der Waals surface area contributed by atoms with Crippen LogP contribution in [-0.4, -0.2) is 85.9 Å². The standard InChI is InChI=1S/C24H42I3N3O3/c1-7-28(8-2)16-18-31-20-14-13-15-21(22(20)32-19-17-29(9-3)10-4)33-24(26,27)23(25)30(11-5)12-6/h13-15,23H,7-12,16-19H2,1-6H3. The molecular formula is C24H42I3N3O3. The number of benzene rings is 1. The molecule has 0 fully saturated rings. The van der Waals surface area contributed by atoms with E-state index in [0.29, 0.717) is 19.0 Å². The van der Waals surface area contributed by atoms with Gasteiger partial charge in [0.2, 0.25) is 7.36 Å². The minimum Gasteiger partial charge on any atom is -0.488 e. The first-order valence-electron chi connectivity index (χ1n) is 12.1. The summed E-state index contributed by atoms with van der Waals surface area (Å²) >= 11 is 7.30. The highest BCUT2D eigenvalue weighted by Crippen LogP contribution is 2.45. The monoisotopic (exact) mass is 801 g/mol. The number of nitrogens with zero attached hydrogens (tertiary/aromatic N) is 3. The Kier molecular flexibility index (Phi) is 16.5. The first kappa shape index (κ1) is 31.7. The van der Waals surface area contributed by atoms with E-state index in [2.05, 4.69) is 124 Å². The molecule has 1 unspecified atom stereocenters. The second kappa shape index (κ2) is 17.2. The minimum atomic E-state index is -0.459. The molecule has 0 bridgehead atoms. The number of hydrogen-bond acceptors (Lipinski definition) is 6. The van der Waals surface area contributed by atoms with Crippen molar-refractivity contribution in [3.05, 3.63) is 18.2 Å². The van der Waals surface area contributed by atoms with Crippen LogP contribution < -0.4 is 14.2 Å². The number of alkyl halides is 3. The van der Waals surface area contributed by atoms with Crippen LogP contribution in [0.15, 0.2) is 18.2 Å². The summed E-state index contributed by atoms with van der Waals surface area (Å²) in [5, 5.41) is 0. The normalized spacial score (nSPS) is 13.1. The molecule has 1 aromatic carbocycles. The fourth-order valence-corrected chi connectivity index (χ4v) is 5.60. The van der Waals surface area contributed by atoms with Gasteiger partial charge in [-0.15, -0.1) is 0 Å². The maximum atomic E-state index is 6.60. The van der Waals surface area contributed by atoms with Crippen LogP contribution in [0.5, 0.6) is 17.2 Å². The van der Waals surface area contributed by atoms with Crippen molar-refractivity contribution in [2.24, 2.45) is 0 Å². The van der Waals surface area contributed by atoms with Crippen molar-refractivity contribution < 1.29 is 14.2 Å². The van der Waals surface area contributed by atoms with E-state index in [1.807, 2.05) is 18.2 Å². The van der Waals surface area contributed by atoms with Gasteiger partial charge in [0, 0.05) is 13.1 Å². The Labute approximate surface area is 242 Å². The molecule has 6 nitrogen and oxygen atoms in total. The van der Waals surface area contributed by atoms with Crippen LogP contribution in [0.4, 0.5) is 0 Å². The average molecular weight is 801 g/mol. The number of ether oxygens (including phenoxy) is 3. The van der Waals surface area contributed by atoms with Gasteiger partial charge in [0.15, 0.2) is 11.5 Å². The zero-order valence-corrected chi connectivity index (χ0v) is 27.6. The maximum absolute atomic E-state index is 6.60. The van der Waals surface area contributed by atoms with Gasteiger partial charge in [-0.05, 0) is 96.6 Å². The second-order valence-corrected chi connectivity index (χ2v) is 14.0. The van der Waals surface area contributed by atoms with Gasteiger partial charge >= 0.3 is 0 Å². The Balaban J connectivity index is 3.10. The summed E-state index contributed by atoms with van der Waals surface area (Å²) in [4.78, 5) is 7.10. The fourth-order valence-electron chi connectivity index (χ4n) is 3.43. The van der Waals surface area contributed by atoms with E-state index in [4.69, 9.17) is 14.2 Å². The zero-order chi connectivity index (χ0) is 24.9. The first-order valence-corrected chi connectivity index (χ1v) is 15.5. The Morgan fingerprint density at radius 1 is 0.758 bits per heavy atom. The van der Waals surface area contributed by atoms with Crippen LogP contribution in [0.1, 0.15) is 41.5 Å². The van der Waals surface area contributed by atoms with E-state index in [1.54, 1.807) is 0 Å². The van der Waals surface area contributed by atoms with E-state index in [0.717, 1.165) is 63.9 Å². The SMILES string of the molecule is CCN(CC)CCOc1cccc(OC(I)(I)C(I)N(CC)CC)c1OCCN(CC)CC. The third-order valence-electron chi connectivity index (χ3n) is 5.71. The molecule has 9 heteroatoms. The van der Waals surface area contributed by atoms with Gasteiger partial charge in [-0.2, -0.15) is 0 Å². The lowest BCUT2D eigenvalue weighted by molar-refractivity contribution is 0.169. The van der Waals surface area contributed by atoms with Crippen LogP contribution in [0, 0.1) is 0 Å². The van der Waals surface area contributed by atoms with Crippen molar-refractivity contribution in [1.29, 1.82) is 0 Å². The quantitative estimate of drug-likeness (QED) is 0.101. The van der Waals surface area contributed by atoms with Gasteiger partial charge in [0.25, 0.3) is 0 Å². The van der Waals surface area contributed by atoms with Crippen LogP contribution in [-0.2, 0) is 0 Å². The second-order valence-electron chi connectivity index (χ2n) is 7.55. The summed E-state index contributed by atoms with van der Waals surface area (Å²) in [5.41, 5.74) is 0. The van der Waals surface area contributed by atoms with Crippen LogP contribution in [0.3, 0.4) is 0 Å². The van der Waals surface area contributed by atoms with Crippen LogP contribution in [0.25, 0.3) is 0 Å². The summed E-state index contributed by atoms with van der Waals surface area (Å²) < 4.78 is 18.9. The lowest BCUT2D eigenvalue weighted by Crippen LogP contribution is -2.44. The summed E-state index contributed by atoms with van der Waals surface area (Å²) in [6.07, 6.45) is 0. The molecule has 1 rings (SSSR count). The van der Waals surface area contributed by atoms with Gasteiger partial charge in [-0.25, -0.2) is 0 Å². The topological polar surface area (TPSA) is 37.4 Å². The predicted molar refractivity (Wildman–Crippen MR) is 165 cm³/mol. The molecule has 33 heavy (non-hydrogen) atoms. The molecule has 0 aliphatic heterocycles. The molecule has 1 aromatic rings. The lowest BCUT2D eigenvalue weighted by Gasteiger charge is -2.35. The Hall–Kier alpha value is 0.690. The highest BCUT2D eigenvalue weighted by Gasteiger charge is 2.38. The minimum absolute atomic E-state index is 0.196. The molecule has 0 aliphatic rings. The number of para-hydroxylation sites is 1. The van der Waals surface area contributed by atoms with Gasteiger partial charge in [-0.1, -0.05) is 70.2 Å². The maximum Gasteiger partial charge on any atom is 0.233 e. The van der Waals surface area contributed by atoms with Gasteiger partial charge in [0.05, 0.1) is 0 Å². The fraction of sp³-hybridized carbons (Fsp3) is 0.750. The molecule has 0 amide bonds. The Morgan fingerprint density at radius 2 is 1.24 bits per heavy atom. The van der Waals surface area contributed by atoms with E-state index in [9.17, 15) is 0 Å². The van der Waals surface area contributed by atoms with Crippen molar-refractivity contribution >= 4 is 67.8 Å². The molecule has 0 N–H and O–H groups in total. The molecule has 0 heterocycles. The van der Waals surface area contributed by atoms with Gasteiger partial charge in [0.1, 0.15) is 17.3 Å². The van der Waals surface area contributed by atoms with Crippen LogP contribution >= 0.6 is 67.8 Å². The van der Waals surface area contributed by atoms with Crippen molar-refractivity contribution in [1.82, 2.24) is 14.7 Å². The smallest absolute Gasteiger partial charge is 0.233 e. The number of halogens is 3. The molecule has 192 valence electrons. The van der Waals surface area contributed by atoms with Crippen molar-refractivity contribution in [3.8, 4) is 17.2 Å². The third kappa shape index (κ3) is 10.7. The lowest BCUT2D eigenvalue weighted by atomic mass is 10.3. The highest BCUT2D eigenvalue weighted by atomic mass is 127. The molecular weight excluding hydrogens is 759 g/mol. The zero-order valence-electron chi connectivity index (χ0n) is 21.1. The van der Waals surface area contributed by atoms with Crippen molar-refractivity contribution in [2.75, 3.05) is 65.6 Å². The van der Waals surface area contributed by atoms with E-state index in [1.165, 1.54) is 0 Å². The molecule has 0 radical (unpaired) electrons. The Bertz CT molecular complexity index is 655. The summed E-state index contributed by atoms with van der Waals surface area (Å²) in [5.74, 6) is 2.17. The number of likely N-dealkylation sites (N-methyl/N-ethyl adjacent to an activating group) is 3. The Morgan fingerprint density at radius 3 is 1.73 bits per heavy atom. The number of hydrogen-bond donors (Lipinski definition) is 0. The predicted octanol–water partition coefficient (Wildman–Crippen LogP) is 6.13. The van der Waals surface area contributed by atoms with E-state index < -0.39 is 1.61 Å². The molecule has 0 aromatic heterocycles. The van der Waals surface area contributed by atoms with E-state index in [-0.39, 0.29) is 4.05 Å². The van der Waals surface area contributed by atoms with Crippen molar-refractivity contribution in [3.63, 3.8) is 0 Å². The van der Waals surface area contributed by atoms with Gasteiger partial charge < -0.3 is 24.0 Å². The third-order valence-corrected chi connectivity index (χ3v) is 11.4. The molecule has 0 spiro atoms. The molecule has 1 atom stereocenters. The molecule has 0 saturated heterocycles. The van der Waals surface area contributed by atoms with Crippen molar-refractivity contribution in [2.45, 2.75) is 47.2 Å².